The van der Waals surface area contributed by atoms with Crippen molar-refractivity contribution in [2.24, 2.45) is 0 Å². The van der Waals surface area contributed by atoms with E-state index in [1.165, 1.54) is 6.07 Å². The van der Waals surface area contributed by atoms with Crippen LogP contribution in [0.1, 0.15) is 11.1 Å². The Morgan fingerprint density at radius 1 is 1.10 bits per heavy atom. The van der Waals surface area contributed by atoms with Gasteiger partial charge < -0.3 is 9.47 Å². The van der Waals surface area contributed by atoms with Crippen LogP contribution in [0.5, 0.6) is 11.5 Å². The van der Waals surface area contributed by atoms with Crippen molar-refractivity contribution in [3.63, 3.8) is 0 Å². The van der Waals surface area contributed by atoms with Crippen LogP contribution in [0, 0.1) is 24.1 Å². The number of halogens is 1. The van der Waals surface area contributed by atoms with Gasteiger partial charge in [-0.3, -0.25) is 0 Å². The number of benzene rings is 2. The van der Waals surface area contributed by atoms with E-state index < -0.39 is 0 Å². The molecule has 0 aliphatic rings. The molecular weight excluding hydrogens is 257 g/mol. The molecule has 3 nitrogen and oxygen atoms in total. The lowest BCUT2D eigenvalue weighted by atomic mass is 10.2. The number of nitrogens with zero attached hydrogens (tertiary/aromatic N) is 1. The Kier molecular flexibility index (Phi) is 4.56. The quantitative estimate of drug-likeness (QED) is 0.782. The predicted molar refractivity (Wildman–Crippen MR) is 73.3 cm³/mol. The van der Waals surface area contributed by atoms with Crippen molar-refractivity contribution in [3.05, 3.63) is 59.4 Å². The molecule has 0 fully saturated rings. The molecule has 0 amide bonds. The average molecular weight is 271 g/mol. The molecule has 2 aromatic rings. The van der Waals surface area contributed by atoms with Gasteiger partial charge in [-0.05, 0) is 30.7 Å². The minimum absolute atomic E-state index is 0.280. The summed E-state index contributed by atoms with van der Waals surface area (Å²) in [6, 6.07) is 13.8. The molecule has 0 aliphatic carbocycles. The number of hydrogen-bond donors (Lipinski definition) is 0. The molecule has 0 heterocycles. The number of rotatable bonds is 5. The van der Waals surface area contributed by atoms with E-state index in [1.54, 1.807) is 43.3 Å². The molecule has 0 radical (unpaired) electrons. The third-order valence-corrected chi connectivity index (χ3v) is 2.76. The average Bonchev–Trinajstić information content (AvgIpc) is 2.47. The fraction of sp³-hybridized carbons (Fsp3) is 0.188. The van der Waals surface area contributed by atoms with Gasteiger partial charge in [0.05, 0.1) is 5.56 Å². The molecule has 0 aliphatic heterocycles. The lowest BCUT2D eigenvalue weighted by molar-refractivity contribution is 0.216. The molecule has 0 bridgehead atoms. The van der Waals surface area contributed by atoms with Crippen molar-refractivity contribution in [3.8, 4) is 17.6 Å². The van der Waals surface area contributed by atoms with Crippen LogP contribution in [0.2, 0.25) is 0 Å². The van der Waals surface area contributed by atoms with Gasteiger partial charge in [0.2, 0.25) is 0 Å². The van der Waals surface area contributed by atoms with Crippen LogP contribution in [0.4, 0.5) is 4.39 Å². The van der Waals surface area contributed by atoms with Crippen LogP contribution >= 0.6 is 0 Å². The number of ether oxygens (including phenoxy) is 2. The molecule has 0 unspecified atom stereocenters. The van der Waals surface area contributed by atoms with Gasteiger partial charge in [-0.25, -0.2) is 4.39 Å². The zero-order valence-corrected chi connectivity index (χ0v) is 11.1. The van der Waals surface area contributed by atoms with Crippen LogP contribution in [-0.4, -0.2) is 13.2 Å². The zero-order chi connectivity index (χ0) is 14.4. The summed E-state index contributed by atoms with van der Waals surface area (Å²) in [4.78, 5) is 0. The molecular formula is C16H14FNO2. The van der Waals surface area contributed by atoms with Crippen LogP contribution in [0.15, 0.2) is 42.5 Å². The maximum absolute atomic E-state index is 13.3. The first-order valence-corrected chi connectivity index (χ1v) is 6.21. The largest absolute Gasteiger partial charge is 0.490 e. The van der Waals surface area contributed by atoms with Gasteiger partial charge in [-0.2, -0.15) is 5.26 Å². The summed E-state index contributed by atoms with van der Waals surface area (Å²) in [5, 5.41) is 8.91. The highest BCUT2D eigenvalue weighted by molar-refractivity contribution is 5.42. The van der Waals surface area contributed by atoms with Crippen LogP contribution < -0.4 is 9.47 Å². The highest BCUT2D eigenvalue weighted by Crippen LogP contribution is 2.17. The van der Waals surface area contributed by atoms with E-state index in [-0.39, 0.29) is 19.0 Å². The fourth-order valence-electron chi connectivity index (χ4n) is 1.66. The number of aryl methyl sites for hydroxylation is 1. The summed E-state index contributed by atoms with van der Waals surface area (Å²) in [5.74, 6) is 0.692. The Balaban J connectivity index is 1.85. The van der Waals surface area contributed by atoms with Crippen LogP contribution in [0.3, 0.4) is 0 Å². The van der Waals surface area contributed by atoms with Crippen molar-refractivity contribution >= 4 is 0 Å². The van der Waals surface area contributed by atoms with Crippen molar-refractivity contribution in [2.45, 2.75) is 6.92 Å². The van der Waals surface area contributed by atoms with Crippen LogP contribution in [0.25, 0.3) is 0 Å². The summed E-state index contributed by atoms with van der Waals surface area (Å²) < 4.78 is 24.2. The Hall–Kier alpha value is -2.54. The topological polar surface area (TPSA) is 42.2 Å². The van der Waals surface area contributed by atoms with Crippen molar-refractivity contribution < 1.29 is 13.9 Å². The van der Waals surface area contributed by atoms with Gasteiger partial charge in [0.15, 0.2) is 0 Å². The summed E-state index contributed by atoms with van der Waals surface area (Å²) in [5.41, 5.74) is 1.06. The van der Waals surface area contributed by atoms with Gasteiger partial charge >= 0.3 is 0 Å². The SMILES string of the molecule is Cc1ccc(OCCOc2ccccc2C#N)cc1F. The highest BCUT2D eigenvalue weighted by Gasteiger charge is 2.03. The molecule has 102 valence electrons. The maximum atomic E-state index is 13.3. The van der Waals surface area contributed by atoms with E-state index in [4.69, 9.17) is 14.7 Å². The van der Waals surface area contributed by atoms with Crippen molar-refractivity contribution in [1.29, 1.82) is 5.26 Å². The van der Waals surface area contributed by atoms with Gasteiger partial charge in [0, 0.05) is 6.07 Å². The molecule has 20 heavy (non-hydrogen) atoms. The zero-order valence-electron chi connectivity index (χ0n) is 11.1. The monoisotopic (exact) mass is 271 g/mol. The van der Waals surface area contributed by atoms with E-state index in [9.17, 15) is 4.39 Å². The van der Waals surface area contributed by atoms with Gasteiger partial charge in [-0.15, -0.1) is 0 Å². The minimum Gasteiger partial charge on any atom is -0.490 e. The van der Waals surface area contributed by atoms with E-state index in [2.05, 4.69) is 6.07 Å². The highest BCUT2D eigenvalue weighted by atomic mass is 19.1. The Morgan fingerprint density at radius 3 is 2.60 bits per heavy atom. The van der Waals surface area contributed by atoms with E-state index in [1.807, 2.05) is 0 Å². The molecule has 0 atom stereocenters. The molecule has 0 aromatic heterocycles. The number of nitriles is 1. The third kappa shape index (κ3) is 3.48. The smallest absolute Gasteiger partial charge is 0.137 e. The lowest BCUT2D eigenvalue weighted by Gasteiger charge is -2.09. The normalized spacial score (nSPS) is 9.85. The lowest BCUT2D eigenvalue weighted by Crippen LogP contribution is -2.09. The first kappa shape index (κ1) is 13.9. The molecule has 4 heteroatoms. The van der Waals surface area contributed by atoms with E-state index >= 15 is 0 Å². The molecule has 0 spiro atoms. The summed E-state index contributed by atoms with van der Waals surface area (Å²) in [6.45, 7) is 2.26. The minimum atomic E-state index is -0.293. The second-order valence-electron chi connectivity index (χ2n) is 4.22. The van der Waals surface area contributed by atoms with Crippen molar-refractivity contribution in [2.75, 3.05) is 13.2 Å². The standard InChI is InChI=1S/C16H14FNO2/c1-12-6-7-14(10-15(12)17)19-8-9-20-16-5-3-2-4-13(16)11-18/h2-7,10H,8-9H2,1H3. The second kappa shape index (κ2) is 6.58. The molecule has 0 N–H and O–H groups in total. The van der Waals surface area contributed by atoms with E-state index in [0.717, 1.165) is 0 Å². The van der Waals surface area contributed by atoms with Gasteiger partial charge in [-0.1, -0.05) is 18.2 Å². The molecule has 0 saturated heterocycles. The predicted octanol–water partition coefficient (Wildman–Crippen LogP) is 3.46. The molecule has 2 rings (SSSR count). The fourth-order valence-corrected chi connectivity index (χ4v) is 1.66. The van der Waals surface area contributed by atoms with E-state index in [0.29, 0.717) is 22.6 Å². The molecule has 0 saturated carbocycles. The molecule has 2 aromatic carbocycles. The Labute approximate surface area is 117 Å². The number of hydrogen-bond acceptors (Lipinski definition) is 3. The maximum Gasteiger partial charge on any atom is 0.137 e. The van der Waals surface area contributed by atoms with Gasteiger partial charge in [0.25, 0.3) is 0 Å². The third-order valence-electron chi connectivity index (χ3n) is 2.76. The van der Waals surface area contributed by atoms with Gasteiger partial charge in [0.1, 0.15) is 36.6 Å². The number of para-hydroxylation sites is 1. The Bertz CT molecular complexity index is 635. The summed E-state index contributed by atoms with van der Waals surface area (Å²) >= 11 is 0. The van der Waals surface area contributed by atoms with Crippen molar-refractivity contribution in [1.82, 2.24) is 0 Å². The first-order chi connectivity index (χ1) is 9.70. The van der Waals surface area contributed by atoms with Crippen LogP contribution in [-0.2, 0) is 0 Å². The Morgan fingerprint density at radius 2 is 1.85 bits per heavy atom. The summed E-state index contributed by atoms with van der Waals surface area (Å²) in [7, 11) is 0. The first-order valence-electron chi connectivity index (χ1n) is 6.21. The second-order valence-corrected chi connectivity index (χ2v) is 4.22. The summed E-state index contributed by atoms with van der Waals surface area (Å²) in [6.07, 6.45) is 0.